The van der Waals surface area contributed by atoms with E-state index in [1.54, 1.807) is 38.1 Å². The van der Waals surface area contributed by atoms with Crippen molar-refractivity contribution < 1.29 is 25.9 Å². The monoisotopic (exact) mass is 785 g/mol. The Morgan fingerprint density at radius 3 is 1.55 bits per heavy atom. The number of hydrogen-bond donors (Lipinski definition) is 2. The molecule has 9 heteroatoms. The molecule has 0 atom stereocenters. The minimum atomic E-state index is -4.47. The lowest BCUT2D eigenvalue weighted by Gasteiger charge is -2.22. The highest BCUT2D eigenvalue weighted by atomic mass is 32.2. The third-order valence-corrected chi connectivity index (χ3v) is 12.6. The Bertz CT molecular complexity index is 2690. The third kappa shape index (κ3) is 8.61. The van der Waals surface area contributed by atoms with E-state index >= 15 is 0 Å². The first-order chi connectivity index (χ1) is 26.3. The lowest BCUT2D eigenvalue weighted by atomic mass is 9.82. The maximum atomic E-state index is 12.3. The van der Waals surface area contributed by atoms with Gasteiger partial charge in [0, 0.05) is 0 Å². The van der Waals surface area contributed by atoms with Gasteiger partial charge in [0.2, 0.25) is 0 Å². The molecule has 1 aliphatic carbocycles. The third-order valence-electron chi connectivity index (χ3n) is 10.6. The minimum Gasteiger partial charge on any atom is -0.282 e. The molecule has 1 aliphatic rings. The van der Waals surface area contributed by atoms with E-state index in [4.69, 9.17) is 0 Å². The summed E-state index contributed by atoms with van der Waals surface area (Å²) in [6, 6.07) is 29.3. The van der Waals surface area contributed by atoms with E-state index in [0.29, 0.717) is 23.3 Å². The van der Waals surface area contributed by atoms with Crippen LogP contribution >= 0.6 is 0 Å². The van der Waals surface area contributed by atoms with Crippen LogP contribution in [0.15, 0.2) is 135 Å². The summed E-state index contributed by atoms with van der Waals surface area (Å²) in [5, 5.41) is 0. The molecule has 0 bridgehead atoms. The average molecular weight is 786 g/mol. The van der Waals surface area contributed by atoms with E-state index in [2.05, 4.69) is 86.4 Å². The number of allylic oxidation sites excluding steroid dienone is 5. The Morgan fingerprint density at radius 1 is 0.571 bits per heavy atom. The van der Waals surface area contributed by atoms with Crippen LogP contribution in [-0.2, 0) is 33.1 Å². The van der Waals surface area contributed by atoms with E-state index in [1.807, 2.05) is 32.9 Å². The van der Waals surface area contributed by atoms with Crippen molar-refractivity contribution in [2.75, 3.05) is 0 Å². The maximum Gasteiger partial charge on any atom is 0.296 e. The fourth-order valence-corrected chi connectivity index (χ4v) is 9.72. The first-order valence-corrected chi connectivity index (χ1v) is 21.3. The molecule has 6 rings (SSSR count). The van der Waals surface area contributed by atoms with Crippen LogP contribution in [0.2, 0.25) is 0 Å². The molecule has 0 amide bonds. The topological polar surface area (TPSA) is 121 Å². The predicted molar refractivity (Wildman–Crippen MR) is 227 cm³/mol. The minimum absolute atomic E-state index is 0.0379. The van der Waals surface area contributed by atoms with Gasteiger partial charge in [0.25, 0.3) is 20.2 Å². The summed E-state index contributed by atoms with van der Waals surface area (Å²) < 4.78 is 68.5. The van der Waals surface area contributed by atoms with Crippen LogP contribution in [0.5, 0.6) is 0 Å². The van der Waals surface area contributed by atoms with E-state index in [1.165, 1.54) is 33.9 Å². The van der Waals surface area contributed by atoms with E-state index in [0.717, 1.165) is 56.5 Å². The summed E-state index contributed by atoms with van der Waals surface area (Å²) in [5.74, 6) is 0. The van der Waals surface area contributed by atoms with Crippen LogP contribution in [0, 0.1) is 41.5 Å². The zero-order chi connectivity index (χ0) is 40.7. The van der Waals surface area contributed by atoms with Crippen LogP contribution < -0.4 is 0 Å². The first kappa shape index (κ1) is 40.5. The number of hydrogen-bond acceptors (Lipinski definition) is 5. The Labute approximate surface area is 331 Å². The van der Waals surface area contributed by atoms with Crippen LogP contribution in [0.4, 0.5) is 5.69 Å². The number of nitrogens with zero attached hydrogens (tertiary/aromatic N) is 1. The molecule has 7 nitrogen and oxygen atoms in total. The Morgan fingerprint density at radius 2 is 1.05 bits per heavy atom. The summed E-state index contributed by atoms with van der Waals surface area (Å²) in [4.78, 5) is 4.34. The molecule has 5 aromatic carbocycles. The zero-order valence-corrected chi connectivity index (χ0v) is 34.7. The van der Waals surface area contributed by atoms with Gasteiger partial charge in [0.15, 0.2) is 0 Å². The summed E-state index contributed by atoms with van der Waals surface area (Å²) in [5.41, 5.74) is 16.8. The van der Waals surface area contributed by atoms with E-state index in [9.17, 15) is 25.9 Å². The van der Waals surface area contributed by atoms with E-state index < -0.39 is 20.2 Å². The zero-order valence-electron chi connectivity index (χ0n) is 33.0. The number of para-hydroxylation sites is 1. The quantitative estimate of drug-likeness (QED) is 0.144. The Hall–Kier alpha value is -5.19. The van der Waals surface area contributed by atoms with Gasteiger partial charge in [0.05, 0.1) is 16.3 Å². The van der Waals surface area contributed by atoms with Crippen molar-refractivity contribution >= 4 is 37.2 Å². The summed E-state index contributed by atoms with van der Waals surface area (Å²) >= 11 is 0. The smallest absolute Gasteiger partial charge is 0.282 e. The molecule has 0 unspecified atom stereocenters. The van der Waals surface area contributed by atoms with Gasteiger partial charge in [-0.05, 0) is 176 Å². The van der Waals surface area contributed by atoms with Crippen molar-refractivity contribution in [3.63, 3.8) is 0 Å². The van der Waals surface area contributed by atoms with Crippen molar-refractivity contribution in [2.45, 2.75) is 78.0 Å². The second-order valence-corrected chi connectivity index (χ2v) is 17.7. The van der Waals surface area contributed by atoms with Gasteiger partial charge in [-0.25, -0.2) is 4.99 Å². The van der Waals surface area contributed by atoms with Crippen molar-refractivity contribution in [2.24, 2.45) is 4.99 Å². The fourth-order valence-electron chi connectivity index (χ4n) is 8.11. The van der Waals surface area contributed by atoms with Crippen LogP contribution in [0.25, 0.3) is 5.57 Å². The van der Waals surface area contributed by atoms with Crippen molar-refractivity contribution in [3.8, 4) is 0 Å². The number of aryl methyl sites for hydroxylation is 5. The molecule has 0 spiro atoms. The molecule has 2 N–H and O–H groups in total. The molecule has 0 aliphatic heterocycles. The second-order valence-electron chi connectivity index (χ2n) is 14.9. The van der Waals surface area contributed by atoms with Crippen molar-refractivity contribution in [1.82, 2.24) is 0 Å². The molecule has 0 radical (unpaired) electrons. The molecule has 288 valence electrons. The van der Waals surface area contributed by atoms with Gasteiger partial charge in [-0.2, -0.15) is 16.8 Å². The van der Waals surface area contributed by atoms with Crippen molar-refractivity contribution in [1.29, 1.82) is 0 Å². The average Bonchev–Trinajstić information content (AvgIpc) is 3.09. The summed E-state index contributed by atoms with van der Waals surface area (Å²) in [6.45, 7) is 15.9. The number of aliphatic imine (C=N–C) groups is 1. The molecule has 5 aromatic rings. The highest BCUT2D eigenvalue weighted by Crippen LogP contribution is 2.38. The van der Waals surface area contributed by atoms with Crippen LogP contribution in [-0.4, -0.2) is 31.7 Å². The van der Waals surface area contributed by atoms with Crippen LogP contribution in [0.1, 0.15) is 80.6 Å². The molecule has 56 heavy (non-hydrogen) atoms. The van der Waals surface area contributed by atoms with Crippen molar-refractivity contribution in [3.05, 3.63) is 187 Å². The van der Waals surface area contributed by atoms with Gasteiger partial charge >= 0.3 is 0 Å². The Balaban J connectivity index is 1.44. The Kier molecular flexibility index (Phi) is 11.4. The first-order valence-electron chi connectivity index (χ1n) is 18.4. The van der Waals surface area contributed by atoms with Gasteiger partial charge in [0.1, 0.15) is 4.90 Å². The number of benzene rings is 5. The fraction of sp³-hybridized carbons (Fsp3) is 0.213. The highest BCUT2D eigenvalue weighted by Gasteiger charge is 2.23. The van der Waals surface area contributed by atoms with Gasteiger partial charge in [-0.1, -0.05) is 84.4 Å². The maximum absolute atomic E-state index is 12.3. The van der Waals surface area contributed by atoms with Gasteiger partial charge in [-0.15, -0.1) is 0 Å². The molecule has 0 aromatic heterocycles. The highest BCUT2D eigenvalue weighted by molar-refractivity contribution is 7.86. The summed E-state index contributed by atoms with van der Waals surface area (Å²) in [7, 11) is -8.86. The predicted octanol–water partition coefficient (Wildman–Crippen LogP) is 10.7. The van der Waals surface area contributed by atoms with Gasteiger partial charge < -0.3 is 0 Å². The normalized spacial score (nSPS) is 13.4. The SMILES string of the molecule is CC1=CC(=Nc2ccccc2S(=O)(=O)O)C=C(C)C1=C(c1ccc(Cc2c(C)cc(C)cc2C)cc1)c1ccc(Cc2c(C)cc(C)c(S(=O)(=O)O)c2C)cc1. The molecule has 0 saturated heterocycles. The molecule has 0 heterocycles. The molecular weight excluding hydrogens is 739 g/mol. The van der Waals surface area contributed by atoms with Crippen LogP contribution in [0.3, 0.4) is 0 Å². The standard InChI is InChI=1S/C47H47NO6S2/c1-28-21-29(2)41(30(3)22-28)26-36-13-17-38(18-14-36)46(45-32(5)24-40(25-33(45)6)48-43-11-9-10-12-44(43)55(49,50)51)39-19-15-37(16-20-39)27-42-31(4)23-34(7)47(35(42)8)56(52,53)54/h9-25H,26-27H2,1-8H3,(H,49,50,51)(H,52,53,54). The lowest BCUT2D eigenvalue weighted by molar-refractivity contribution is 0.480. The second kappa shape index (κ2) is 15.7. The lowest BCUT2D eigenvalue weighted by Crippen LogP contribution is -2.08. The number of rotatable bonds is 9. The molecule has 0 fully saturated rings. The van der Waals surface area contributed by atoms with E-state index in [-0.39, 0.29) is 15.5 Å². The molecular formula is C47H47NO6S2. The summed E-state index contributed by atoms with van der Waals surface area (Å²) in [6.07, 6.45) is 5.15. The van der Waals surface area contributed by atoms with Gasteiger partial charge in [-0.3, -0.25) is 9.11 Å². The molecule has 0 saturated carbocycles. The largest absolute Gasteiger partial charge is 0.296 e.